The van der Waals surface area contributed by atoms with E-state index in [0.29, 0.717) is 0 Å². The number of rotatable bonds is 9. The van der Waals surface area contributed by atoms with E-state index in [4.69, 9.17) is 0 Å². The third-order valence-corrected chi connectivity index (χ3v) is 5.07. The highest BCUT2D eigenvalue weighted by atomic mass is 32.2. The lowest BCUT2D eigenvalue weighted by Crippen LogP contribution is -2.14. The maximum Gasteiger partial charge on any atom is 0.0120 e. The molecule has 2 atom stereocenters. The largest absolute Gasteiger partial charge is 0.122 e. The monoisotopic (exact) mass is 264 g/mol. The van der Waals surface area contributed by atoms with Gasteiger partial charge in [0.25, 0.3) is 0 Å². The second-order valence-corrected chi connectivity index (χ2v) is 6.54. The molecule has 1 rings (SSSR count). The first-order chi connectivity index (χ1) is 8.77. The van der Waals surface area contributed by atoms with Gasteiger partial charge in [0.05, 0.1) is 0 Å². The molecule has 0 amide bonds. The molecule has 1 aromatic carbocycles. The number of thioether (sulfide) groups is 1. The summed E-state index contributed by atoms with van der Waals surface area (Å²) in [5.41, 5.74) is 0. The van der Waals surface area contributed by atoms with Crippen molar-refractivity contribution in [2.75, 3.05) is 0 Å². The fourth-order valence-corrected chi connectivity index (χ4v) is 3.57. The summed E-state index contributed by atoms with van der Waals surface area (Å²) in [5.74, 6) is 0.835. The van der Waals surface area contributed by atoms with Gasteiger partial charge in [-0.1, -0.05) is 64.7 Å². The Bertz CT molecular complexity index is 294. The number of hydrogen-bond acceptors (Lipinski definition) is 1. The molecule has 0 heterocycles. The van der Waals surface area contributed by atoms with Crippen molar-refractivity contribution in [1.29, 1.82) is 0 Å². The van der Waals surface area contributed by atoms with Crippen molar-refractivity contribution in [3.8, 4) is 0 Å². The second kappa shape index (κ2) is 9.49. The van der Waals surface area contributed by atoms with Crippen molar-refractivity contribution in [2.24, 2.45) is 5.92 Å². The minimum atomic E-state index is 0.791. The molecule has 1 aromatic rings. The Morgan fingerprint density at radius 1 is 0.944 bits per heavy atom. The molecule has 0 saturated carbocycles. The first-order valence-electron chi connectivity index (χ1n) is 7.49. The van der Waals surface area contributed by atoms with Gasteiger partial charge in [0.2, 0.25) is 0 Å². The van der Waals surface area contributed by atoms with E-state index in [-0.39, 0.29) is 0 Å². The van der Waals surface area contributed by atoms with Gasteiger partial charge in [-0.2, -0.15) is 0 Å². The highest BCUT2D eigenvalue weighted by Crippen LogP contribution is 2.33. The van der Waals surface area contributed by atoms with Crippen LogP contribution >= 0.6 is 11.8 Å². The van der Waals surface area contributed by atoms with Crippen molar-refractivity contribution < 1.29 is 0 Å². The molecule has 0 saturated heterocycles. The molecule has 102 valence electrons. The zero-order chi connectivity index (χ0) is 13.2. The van der Waals surface area contributed by atoms with Crippen molar-refractivity contribution in [1.82, 2.24) is 0 Å². The fraction of sp³-hybridized carbons (Fsp3) is 0.647. The summed E-state index contributed by atoms with van der Waals surface area (Å²) in [5, 5.41) is 0.791. The summed E-state index contributed by atoms with van der Waals surface area (Å²) in [6.07, 6.45) is 8.11. The molecule has 0 N–H and O–H groups in total. The molecule has 0 aliphatic heterocycles. The van der Waals surface area contributed by atoms with Gasteiger partial charge in [-0.25, -0.2) is 0 Å². The Hall–Kier alpha value is -0.430. The van der Waals surface area contributed by atoms with E-state index in [0.717, 1.165) is 11.2 Å². The number of unbranched alkanes of at least 4 members (excludes halogenated alkanes) is 2. The maximum atomic E-state index is 2.44. The van der Waals surface area contributed by atoms with E-state index < -0.39 is 0 Å². The van der Waals surface area contributed by atoms with Crippen LogP contribution in [0.15, 0.2) is 35.2 Å². The van der Waals surface area contributed by atoms with Crippen LogP contribution in [0.3, 0.4) is 0 Å². The van der Waals surface area contributed by atoms with Crippen LogP contribution in [-0.4, -0.2) is 5.25 Å². The fourth-order valence-electron chi connectivity index (χ4n) is 2.25. The van der Waals surface area contributed by atoms with Crippen molar-refractivity contribution in [3.63, 3.8) is 0 Å². The summed E-state index contributed by atoms with van der Waals surface area (Å²) >= 11 is 2.09. The molecule has 0 spiro atoms. The minimum Gasteiger partial charge on any atom is -0.122 e. The first kappa shape index (κ1) is 15.6. The second-order valence-electron chi connectivity index (χ2n) is 5.23. The van der Waals surface area contributed by atoms with Crippen LogP contribution in [0.25, 0.3) is 0 Å². The Balaban J connectivity index is 2.54. The van der Waals surface area contributed by atoms with Gasteiger partial charge in [-0.15, -0.1) is 11.8 Å². The molecule has 0 aliphatic rings. The Labute approximate surface area is 118 Å². The van der Waals surface area contributed by atoms with Crippen molar-refractivity contribution >= 4 is 11.8 Å². The lowest BCUT2D eigenvalue weighted by molar-refractivity contribution is 0.461. The van der Waals surface area contributed by atoms with Gasteiger partial charge in [0.1, 0.15) is 0 Å². The molecule has 0 fully saturated rings. The number of benzene rings is 1. The molecule has 0 nitrogen and oxygen atoms in total. The number of hydrogen-bond donors (Lipinski definition) is 0. The van der Waals surface area contributed by atoms with Crippen LogP contribution in [0.2, 0.25) is 0 Å². The molecular formula is C17H28S. The van der Waals surface area contributed by atoms with Crippen LogP contribution < -0.4 is 0 Å². The van der Waals surface area contributed by atoms with E-state index in [1.54, 1.807) is 0 Å². The van der Waals surface area contributed by atoms with Gasteiger partial charge in [-0.05, 0) is 30.9 Å². The van der Waals surface area contributed by atoms with Gasteiger partial charge in [0, 0.05) is 10.1 Å². The van der Waals surface area contributed by atoms with Crippen LogP contribution in [-0.2, 0) is 0 Å². The quantitative estimate of drug-likeness (QED) is 0.481. The summed E-state index contributed by atoms with van der Waals surface area (Å²) in [4.78, 5) is 1.43. The Morgan fingerprint density at radius 3 is 2.17 bits per heavy atom. The topological polar surface area (TPSA) is 0 Å². The van der Waals surface area contributed by atoms with E-state index in [1.807, 2.05) is 0 Å². The predicted octanol–water partition coefficient (Wildman–Crippen LogP) is 6.16. The van der Waals surface area contributed by atoms with E-state index in [9.17, 15) is 0 Å². The Kier molecular flexibility index (Phi) is 8.24. The van der Waals surface area contributed by atoms with Crippen LogP contribution in [0, 0.1) is 5.92 Å². The predicted molar refractivity (Wildman–Crippen MR) is 84.3 cm³/mol. The third kappa shape index (κ3) is 5.95. The molecule has 1 heteroatoms. The highest BCUT2D eigenvalue weighted by Gasteiger charge is 2.17. The SMILES string of the molecule is CCCCC(C)C(CCCC)Sc1ccccc1. The maximum absolute atomic E-state index is 2.44. The Morgan fingerprint density at radius 2 is 1.56 bits per heavy atom. The van der Waals surface area contributed by atoms with Crippen LogP contribution in [0.4, 0.5) is 0 Å². The van der Waals surface area contributed by atoms with E-state index >= 15 is 0 Å². The molecule has 0 aliphatic carbocycles. The van der Waals surface area contributed by atoms with Crippen LogP contribution in [0.1, 0.15) is 59.3 Å². The van der Waals surface area contributed by atoms with Crippen molar-refractivity contribution in [3.05, 3.63) is 30.3 Å². The molecule has 2 unspecified atom stereocenters. The van der Waals surface area contributed by atoms with E-state index in [1.165, 1.54) is 43.4 Å². The van der Waals surface area contributed by atoms with E-state index in [2.05, 4.69) is 62.9 Å². The average Bonchev–Trinajstić information content (AvgIpc) is 2.42. The molecule has 18 heavy (non-hydrogen) atoms. The molecule has 0 bridgehead atoms. The molecule has 0 aromatic heterocycles. The third-order valence-electron chi connectivity index (χ3n) is 3.52. The first-order valence-corrected chi connectivity index (χ1v) is 8.37. The van der Waals surface area contributed by atoms with Gasteiger partial charge in [-0.3, -0.25) is 0 Å². The lowest BCUT2D eigenvalue weighted by Gasteiger charge is -2.23. The van der Waals surface area contributed by atoms with Crippen LogP contribution in [0.5, 0.6) is 0 Å². The van der Waals surface area contributed by atoms with Gasteiger partial charge < -0.3 is 0 Å². The standard InChI is InChI=1S/C17H28S/c1-4-6-11-15(3)17(14-7-5-2)18-16-12-9-8-10-13-16/h8-10,12-13,15,17H,4-7,11,14H2,1-3H3. The highest BCUT2D eigenvalue weighted by molar-refractivity contribution is 8.00. The summed E-state index contributed by atoms with van der Waals surface area (Å²) < 4.78 is 0. The van der Waals surface area contributed by atoms with Gasteiger partial charge >= 0.3 is 0 Å². The molecule has 0 radical (unpaired) electrons. The average molecular weight is 264 g/mol. The summed E-state index contributed by atoms with van der Waals surface area (Å²) in [7, 11) is 0. The van der Waals surface area contributed by atoms with Gasteiger partial charge in [0.15, 0.2) is 0 Å². The minimum absolute atomic E-state index is 0.791. The normalized spacial score (nSPS) is 14.4. The lowest BCUT2D eigenvalue weighted by atomic mass is 9.97. The summed E-state index contributed by atoms with van der Waals surface area (Å²) in [6.45, 7) is 7.02. The zero-order valence-electron chi connectivity index (χ0n) is 12.2. The summed E-state index contributed by atoms with van der Waals surface area (Å²) in [6, 6.07) is 10.9. The molecular weight excluding hydrogens is 236 g/mol. The van der Waals surface area contributed by atoms with Crippen molar-refractivity contribution in [2.45, 2.75) is 69.4 Å². The smallest absolute Gasteiger partial charge is 0.0120 e. The zero-order valence-corrected chi connectivity index (χ0v) is 13.0.